The van der Waals surface area contributed by atoms with Gasteiger partial charge < -0.3 is 10.4 Å². The van der Waals surface area contributed by atoms with Crippen molar-refractivity contribution in [2.24, 2.45) is 7.05 Å². The number of fused-ring (bicyclic) bond motifs is 1. The molecule has 0 aliphatic rings. The van der Waals surface area contributed by atoms with Crippen LogP contribution in [0.1, 0.15) is 16.1 Å². The molecule has 0 fully saturated rings. The Morgan fingerprint density at radius 2 is 2.24 bits per heavy atom. The molecule has 106 valence electrons. The zero-order valence-electron chi connectivity index (χ0n) is 11.2. The van der Waals surface area contributed by atoms with E-state index in [2.05, 4.69) is 25.4 Å². The zero-order valence-corrected chi connectivity index (χ0v) is 11.2. The van der Waals surface area contributed by atoms with Crippen LogP contribution in [0, 0.1) is 0 Å². The number of hydrogen-bond acceptors (Lipinski definition) is 6. The van der Waals surface area contributed by atoms with Crippen LogP contribution in [-0.4, -0.2) is 35.8 Å². The van der Waals surface area contributed by atoms with Crippen molar-refractivity contribution >= 4 is 23.0 Å². The van der Waals surface area contributed by atoms with Gasteiger partial charge in [0.25, 0.3) is 0 Å². The molecule has 0 spiro atoms. The highest BCUT2D eigenvalue weighted by Gasteiger charge is 2.07. The Labute approximate surface area is 119 Å². The van der Waals surface area contributed by atoms with Gasteiger partial charge in [0.05, 0.1) is 6.20 Å². The van der Waals surface area contributed by atoms with Crippen molar-refractivity contribution in [2.75, 3.05) is 5.32 Å². The minimum atomic E-state index is -1.08. The van der Waals surface area contributed by atoms with Gasteiger partial charge in [-0.2, -0.15) is 5.10 Å². The fraction of sp³-hybridized carbons (Fsp3) is 0.154. The van der Waals surface area contributed by atoms with Crippen molar-refractivity contribution in [3.8, 4) is 0 Å². The molecule has 3 heterocycles. The standard InChI is InChI=1S/C13H12N6O2/c1-19-11-9(7-17-19)4-8(5-15-11)6-16-13-14-3-2-10(18-13)12(20)21/h2-5,7H,6H2,1H3,(H,20,21)(H,14,16,18). The maximum absolute atomic E-state index is 10.8. The smallest absolute Gasteiger partial charge is 0.354 e. The van der Waals surface area contributed by atoms with Gasteiger partial charge in [-0.15, -0.1) is 0 Å². The lowest BCUT2D eigenvalue weighted by molar-refractivity contribution is 0.0690. The van der Waals surface area contributed by atoms with Crippen molar-refractivity contribution < 1.29 is 9.90 Å². The summed E-state index contributed by atoms with van der Waals surface area (Å²) in [5, 5.41) is 16.9. The van der Waals surface area contributed by atoms with E-state index in [1.807, 2.05) is 13.1 Å². The quantitative estimate of drug-likeness (QED) is 0.738. The third-order valence-corrected chi connectivity index (χ3v) is 2.95. The minimum absolute atomic E-state index is 0.0478. The Balaban J connectivity index is 1.76. The lowest BCUT2D eigenvalue weighted by Gasteiger charge is -2.05. The molecule has 0 atom stereocenters. The van der Waals surface area contributed by atoms with E-state index in [-0.39, 0.29) is 11.6 Å². The molecule has 3 aromatic heterocycles. The van der Waals surface area contributed by atoms with E-state index in [0.717, 1.165) is 16.6 Å². The van der Waals surface area contributed by atoms with E-state index in [1.165, 1.54) is 12.3 Å². The van der Waals surface area contributed by atoms with Gasteiger partial charge in [0.2, 0.25) is 5.95 Å². The lowest BCUT2D eigenvalue weighted by atomic mass is 10.2. The second-order valence-corrected chi connectivity index (χ2v) is 4.45. The number of nitrogens with zero attached hydrogens (tertiary/aromatic N) is 5. The maximum Gasteiger partial charge on any atom is 0.354 e. The van der Waals surface area contributed by atoms with Gasteiger partial charge in [0.1, 0.15) is 0 Å². The molecular formula is C13H12N6O2. The molecule has 0 amide bonds. The zero-order chi connectivity index (χ0) is 14.8. The van der Waals surface area contributed by atoms with E-state index in [4.69, 9.17) is 5.11 Å². The Morgan fingerprint density at radius 3 is 3.05 bits per heavy atom. The average Bonchev–Trinajstić information content (AvgIpc) is 2.86. The second kappa shape index (κ2) is 5.16. The van der Waals surface area contributed by atoms with Crippen LogP contribution in [0.3, 0.4) is 0 Å². The SMILES string of the molecule is Cn1ncc2cc(CNc3nccc(C(=O)O)n3)cnc21. The van der Waals surface area contributed by atoms with Crippen LogP contribution in [0.2, 0.25) is 0 Å². The summed E-state index contributed by atoms with van der Waals surface area (Å²) >= 11 is 0. The number of nitrogens with one attached hydrogen (secondary N) is 1. The van der Waals surface area contributed by atoms with E-state index in [0.29, 0.717) is 6.54 Å². The molecule has 8 heteroatoms. The summed E-state index contributed by atoms with van der Waals surface area (Å²) in [5.41, 5.74) is 1.69. The van der Waals surface area contributed by atoms with Crippen molar-refractivity contribution in [3.63, 3.8) is 0 Å². The van der Waals surface area contributed by atoms with E-state index < -0.39 is 5.97 Å². The Hall–Kier alpha value is -3.03. The molecule has 0 aliphatic heterocycles. The number of hydrogen-bond donors (Lipinski definition) is 2. The number of aromatic carboxylic acids is 1. The first kappa shape index (κ1) is 13.0. The van der Waals surface area contributed by atoms with Crippen LogP contribution < -0.4 is 5.32 Å². The summed E-state index contributed by atoms with van der Waals surface area (Å²) in [6.45, 7) is 0.445. The van der Waals surface area contributed by atoms with E-state index in [9.17, 15) is 4.79 Å². The molecule has 8 nitrogen and oxygen atoms in total. The van der Waals surface area contributed by atoms with Gasteiger partial charge in [0.15, 0.2) is 11.3 Å². The van der Waals surface area contributed by atoms with Crippen LogP contribution >= 0.6 is 0 Å². The Bertz CT molecular complexity index is 813. The first-order chi connectivity index (χ1) is 10.1. The normalized spacial score (nSPS) is 10.7. The van der Waals surface area contributed by atoms with Crippen molar-refractivity contribution in [2.45, 2.75) is 6.54 Å². The molecule has 21 heavy (non-hydrogen) atoms. The molecule has 0 saturated heterocycles. The summed E-state index contributed by atoms with van der Waals surface area (Å²) in [6, 6.07) is 3.31. The molecule has 0 bridgehead atoms. The fourth-order valence-corrected chi connectivity index (χ4v) is 1.93. The molecule has 0 radical (unpaired) electrons. The van der Waals surface area contributed by atoms with E-state index in [1.54, 1.807) is 17.1 Å². The van der Waals surface area contributed by atoms with Crippen molar-refractivity contribution in [1.29, 1.82) is 0 Å². The highest BCUT2D eigenvalue weighted by molar-refractivity contribution is 5.85. The van der Waals surface area contributed by atoms with Gasteiger partial charge in [-0.05, 0) is 17.7 Å². The molecule has 3 rings (SSSR count). The maximum atomic E-state index is 10.8. The average molecular weight is 284 g/mol. The summed E-state index contributed by atoms with van der Waals surface area (Å²) in [7, 11) is 1.83. The van der Waals surface area contributed by atoms with Crippen molar-refractivity contribution in [3.05, 3.63) is 42.0 Å². The second-order valence-electron chi connectivity index (χ2n) is 4.45. The summed E-state index contributed by atoms with van der Waals surface area (Å²) in [5.74, 6) is -0.819. The highest BCUT2D eigenvalue weighted by Crippen LogP contribution is 2.12. The molecular weight excluding hydrogens is 272 g/mol. The number of anilines is 1. The third-order valence-electron chi connectivity index (χ3n) is 2.95. The predicted molar refractivity (Wildman–Crippen MR) is 74.8 cm³/mol. The molecule has 2 N–H and O–H groups in total. The predicted octanol–water partition coefficient (Wildman–Crippen LogP) is 1.07. The van der Waals surface area contributed by atoms with Crippen LogP contribution in [0.25, 0.3) is 11.0 Å². The van der Waals surface area contributed by atoms with Gasteiger partial charge in [-0.25, -0.2) is 19.7 Å². The number of carboxylic acid groups (broad SMARTS) is 1. The topological polar surface area (TPSA) is 106 Å². The van der Waals surface area contributed by atoms with Crippen LogP contribution in [-0.2, 0) is 13.6 Å². The number of carbonyl (C=O) groups is 1. The number of aromatic nitrogens is 5. The first-order valence-corrected chi connectivity index (χ1v) is 6.20. The fourth-order valence-electron chi connectivity index (χ4n) is 1.93. The number of carboxylic acids is 1. The third kappa shape index (κ3) is 2.64. The number of aryl methyl sites for hydroxylation is 1. The van der Waals surface area contributed by atoms with Crippen LogP contribution in [0.5, 0.6) is 0 Å². The van der Waals surface area contributed by atoms with Crippen LogP contribution in [0.15, 0.2) is 30.7 Å². The van der Waals surface area contributed by atoms with Gasteiger partial charge in [-0.3, -0.25) is 4.68 Å². The number of pyridine rings is 1. The van der Waals surface area contributed by atoms with Gasteiger partial charge in [-0.1, -0.05) is 0 Å². The highest BCUT2D eigenvalue weighted by atomic mass is 16.4. The first-order valence-electron chi connectivity index (χ1n) is 6.20. The molecule has 0 aliphatic carbocycles. The van der Waals surface area contributed by atoms with Gasteiger partial charge >= 0.3 is 5.97 Å². The van der Waals surface area contributed by atoms with Crippen LogP contribution in [0.4, 0.5) is 5.95 Å². The Kier molecular flexibility index (Phi) is 3.19. The largest absolute Gasteiger partial charge is 0.477 e. The molecule has 0 aromatic carbocycles. The molecule has 0 saturated carbocycles. The monoisotopic (exact) mass is 284 g/mol. The van der Waals surface area contributed by atoms with E-state index >= 15 is 0 Å². The number of rotatable bonds is 4. The molecule has 3 aromatic rings. The summed E-state index contributed by atoms with van der Waals surface area (Å²) in [4.78, 5) is 23.0. The Morgan fingerprint density at radius 1 is 1.38 bits per heavy atom. The summed E-state index contributed by atoms with van der Waals surface area (Å²) in [6.07, 6.45) is 4.88. The minimum Gasteiger partial charge on any atom is -0.477 e. The summed E-state index contributed by atoms with van der Waals surface area (Å²) < 4.78 is 1.70. The van der Waals surface area contributed by atoms with Crippen molar-refractivity contribution in [1.82, 2.24) is 24.7 Å². The van der Waals surface area contributed by atoms with Gasteiger partial charge in [0, 0.05) is 31.4 Å². The molecule has 0 unspecified atom stereocenters. The lowest BCUT2D eigenvalue weighted by Crippen LogP contribution is -2.07.